The van der Waals surface area contributed by atoms with E-state index < -0.39 is 108 Å². The number of primary amides is 1. The SMILES string of the molecule is CC[C@H](C)[C@H](NC(=O)[C@H](CC(C)C)NC(=O)[C@H](Cc1cnc[nH]1)NC(=O)[C@H](Cc1cnc[nH]1)NC(=O)[C@H](CO)NC(=O)[C@@H](N)[C@@H](C)O)C(=O)N[C@@H](CCC(N)=O)C(=O)O. The van der Waals surface area contributed by atoms with E-state index in [9.17, 15) is 53.7 Å². The Bertz CT molecular complexity index is 1700. The average Bonchev–Trinajstić information content (AvgIpc) is 3.90. The van der Waals surface area contributed by atoms with Gasteiger partial charge in [-0.05, 0) is 31.6 Å². The maximum Gasteiger partial charge on any atom is 0.326 e. The number of aliphatic carboxylic acids is 1. The minimum atomic E-state index is -1.59. The molecule has 59 heavy (non-hydrogen) atoms. The number of aliphatic hydroxyl groups is 2. The van der Waals surface area contributed by atoms with Crippen LogP contribution in [0.2, 0.25) is 0 Å². The average molecular weight is 835 g/mol. The van der Waals surface area contributed by atoms with Crippen molar-refractivity contribution in [3.8, 4) is 0 Å². The summed E-state index contributed by atoms with van der Waals surface area (Å²) in [6, 6.07) is -9.84. The van der Waals surface area contributed by atoms with Gasteiger partial charge in [0.2, 0.25) is 41.4 Å². The molecule has 2 aromatic heterocycles. The molecule has 0 spiro atoms. The summed E-state index contributed by atoms with van der Waals surface area (Å²) < 4.78 is 0. The van der Waals surface area contributed by atoms with E-state index in [4.69, 9.17) is 11.5 Å². The number of aliphatic hydroxyl groups excluding tert-OH is 2. The van der Waals surface area contributed by atoms with E-state index in [1.54, 1.807) is 27.7 Å². The molecule has 2 heterocycles. The van der Waals surface area contributed by atoms with E-state index in [1.165, 1.54) is 32.0 Å². The second kappa shape index (κ2) is 24.1. The van der Waals surface area contributed by atoms with Gasteiger partial charge in [0.25, 0.3) is 0 Å². The lowest BCUT2D eigenvalue weighted by Gasteiger charge is -2.29. The van der Waals surface area contributed by atoms with Gasteiger partial charge in [-0.25, -0.2) is 14.8 Å². The number of aromatic amines is 2. The summed E-state index contributed by atoms with van der Waals surface area (Å²) in [7, 11) is 0. The predicted molar refractivity (Wildman–Crippen MR) is 208 cm³/mol. The maximum absolute atomic E-state index is 14.1. The molecule has 0 radical (unpaired) electrons. The van der Waals surface area contributed by atoms with Crippen LogP contribution >= 0.6 is 0 Å². The fourth-order valence-electron chi connectivity index (χ4n) is 5.61. The summed E-state index contributed by atoms with van der Waals surface area (Å²) in [4.78, 5) is 118. The first-order valence-corrected chi connectivity index (χ1v) is 19.1. The first-order valence-electron chi connectivity index (χ1n) is 19.1. The number of rotatable bonds is 26. The van der Waals surface area contributed by atoms with E-state index >= 15 is 0 Å². The molecule has 2 rings (SSSR count). The van der Waals surface area contributed by atoms with Gasteiger partial charge in [-0.1, -0.05) is 34.1 Å². The Hall–Kier alpha value is -5.94. The fourth-order valence-corrected chi connectivity index (χ4v) is 5.61. The summed E-state index contributed by atoms with van der Waals surface area (Å²) in [5.41, 5.74) is 11.6. The van der Waals surface area contributed by atoms with Crippen LogP contribution in [0.25, 0.3) is 0 Å². The Morgan fingerprint density at radius 2 is 1.15 bits per heavy atom. The second-order valence-corrected chi connectivity index (χ2v) is 14.7. The number of aromatic nitrogens is 4. The van der Waals surface area contributed by atoms with Gasteiger partial charge in [0.05, 0.1) is 25.4 Å². The van der Waals surface area contributed by atoms with Crippen molar-refractivity contribution in [3.63, 3.8) is 0 Å². The molecule has 0 aliphatic heterocycles. The number of H-pyrrole nitrogens is 2. The molecule has 7 amide bonds. The second-order valence-electron chi connectivity index (χ2n) is 14.7. The zero-order valence-electron chi connectivity index (χ0n) is 33.7. The predicted octanol–water partition coefficient (Wildman–Crippen LogP) is -4.03. The molecule has 0 saturated heterocycles. The summed E-state index contributed by atoms with van der Waals surface area (Å²) in [5, 5.41) is 44.1. The van der Waals surface area contributed by atoms with E-state index in [-0.39, 0.29) is 38.0 Å². The lowest BCUT2D eigenvalue weighted by molar-refractivity contribution is -0.143. The molecule has 0 saturated carbocycles. The Morgan fingerprint density at radius 1 is 0.695 bits per heavy atom. The highest BCUT2D eigenvalue weighted by atomic mass is 16.4. The van der Waals surface area contributed by atoms with Gasteiger partial charge >= 0.3 is 5.97 Å². The quantitative estimate of drug-likeness (QED) is 0.0430. The number of nitrogens with two attached hydrogens (primary N) is 2. The Kier molecular flexibility index (Phi) is 20.1. The normalized spacial score (nSPS) is 15.8. The van der Waals surface area contributed by atoms with Crippen molar-refractivity contribution < 1.29 is 53.7 Å². The minimum absolute atomic E-state index is 0.0684. The molecule has 0 aliphatic rings. The van der Waals surface area contributed by atoms with Crippen LogP contribution in [0.3, 0.4) is 0 Å². The number of hydrogen-bond donors (Lipinski definition) is 13. The van der Waals surface area contributed by atoms with Crippen molar-refractivity contribution in [1.29, 1.82) is 0 Å². The van der Waals surface area contributed by atoms with Crippen molar-refractivity contribution in [2.24, 2.45) is 23.3 Å². The monoisotopic (exact) mass is 834 g/mol. The Morgan fingerprint density at radius 3 is 1.56 bits per heavy atom. The molecule has 2 aromatic rings. The molecule has 0 aromatic carbocycles. The third-order valence-corrected chi connectivity index (χ3v) is 9.29. The van der Waals surface area contributed by atoms with E-state index in [0.717, 1.165) is 0 Å². The number of nitrogens with one attached hydrogen (secondary N) is 8. The fraction of sp³-hybridized carbons (Fsp3) is 0.611. The zero-order valence-corrected chi connectivity index (χ0v) is 33.7. The third-order valence-electron chi connectivity index (χ3n) is 9.29. The summed E-state index contributed by atoms with van der Waals surface area (Å²) in [5.74, 6) is -8.14. The molecule has 328 valence electrons. The van der Waals surface area contributed by atoms with Crippen LogP contribution in [0.1, 0.15) is 71.7 Å². The van der Waals surface area contributed by atoms with Crippen LogP contribution < -0.4 is 43.4 Å². The van der Waals surface area contributed by atoms with Crippen LogP contribution in [-0.4, -0.2) is 138 Å². The lowest BCUT2D eigenvalue weighted by Crippen LogP contribution is -2.61. The number of carbonyl (C=O) groups excluding carboxylic acids is 7. The number of carboxylic acids is 1. The molecule has 9 atom stereocenters. The molecule has 0 aliphatic carbocycles. The van der Waals surface area contributed by atoms with Crippen molar-refractivity contribution in [2.45, 2.75) is 122 Å². The van der Waals surface area contributed by atoms with Gasteiger partial charge in [0.15, 0.2) is 0 Å². The van der Waals surface area contributed by atoms with Gasteiger partial charge in [-0.15, -0.1) is 0 Å². The molecule has 23 heteroatoms. The zero-order chi connectivity index (χ0) is 44.4. The first-order chi connectivity index (χ1) is 27.8. The van der Waals surface area contributed by atoms with Crippen molar-refractivity contribution in [3.05, 3.63) is 36.4 Å². The van der Waals surface area contributed by atoms with E-state index in [0.29, 0.717) is 17.8 Å². The van der Waals surface area contributed by atoms with Crippen LogP contribution in [0.4, 0.5) is 0 Å². The highest BCUT2D eigenvalue weighted by Gasteiger charge is 2.35. The van der Waals surface area contributed by atoms with Gasteiger partial charge in [0, 0.05) is 43.0 Å². The van der Waals surface area contributed by atoms with Crippen LogP contribution in [0.15, 0.2) is 25.0 Å². The largest absolute Gasteiger partial charge is 0.480 e. The molecule has 23 nitrogen and oxygen atoms in total. The van der Waals surface area contributed by atoms with Crippen LogP contribution in [0.5, 0.6) is 0 Å². The molecule has 0 fully saturated rings. The topological polar surface area (TPSA) is 379 Å². The highest BCUT2D eigenvalue weighted by molar-refractivity contribution is 5.97. The van der Waals surface area contributed by atoms with Gasteiger partial charge < -0.3 is 68.7 Å². The Balaban J connectivity index is 2.39. The lowest BCUT2D eigenvalue weighted by atomic mass is 9.96. The molecule has 0 unspecified atom stereocenters. The highest BCUT2D eigenvalue weighted by Crippen LogP contribution is 2.13. The molecule has 0 bridgehead atoms. The molecular formula is C36H58N12O11. The third kappa shape index (κ3) is 16.4. The van der Waals surface area contributed by atoms with E-state index in [2.05, 4.69) is 51.8 Å². The van der Waals surface area contributed by atoms with Gasteiger partial charge in [-0.3, -0.25) is 33.6 Å². The van der Waals surface area contributed by atoms with Crippen molar-refractivity contribution in [1.82, 2.24) is 51.8 Å². The van der Waals surface area contributed by atoms with Crippen molar-refractivity contribution >= 4 is 47.3 Å². The smallest absolute Gasteiger partial charge is 0.326 e. The van der Waals surface area contributed by atoms with Crippen molar-refractivity contribution in [2.75, 3.05) is 6.61 Å². The Labute approximate surface area is 340 Å². The summed E-state index contributed by atoms with van der Waals surface area (Å²) in [6.45, 7) is 7.35. The maximum atomic E-state index is 14.1. The number of hydrogen-bond acceptors (Lipinski definition) is 13. The molecule has 15 N–H and O–H groups in total. The van der Waals surface area contributed by atoms with Crippen LogP contribution in [-0.2, 0) is 51.2 Å². The number of carboxylic acid groups (broad SMARTS) is 1. The van der Waals surface area contributed by atoms with Gasteiger partial charge in [0.1, 0.15) is 42.3 Å². The number of imidazole rings is 2. The standard InChI is InChI=1S/C36H58N12O11/c1-6-18(4)29(35(57)43-22(36(58)59)7-8-27(37)51)48-32(54)23(9-17(2)3)44-30(52)24(10-20-12-39-15-41-20)45-31(53)25(11-21-13-40-16-42-21)46-33(55)26(14-49)47-34(56)28(38)19(5)50/h12-13,15-19,22-26,28-29,49-50H,6-11,14,38H2,1-5H3,(H2,37,51)(H,39,41)(H,40,42)(H,43,57)(H,44,52)(H,45,53)(H,46,55)(H,47,56)(H,48,54)(H,58,59)/t18-,19+,22-,23-,24-,25-,26-,28-,29-/m0/s1. The number of carbonyl (C=O) groups is 8. The number of amides is 7. The first kappa shape index (κ1) is 49.2. The number of nitrogens with zero attached hydrogens (tertiary/aromatic N) is 2. The minimum Gasteiger partial charge on any atom is -0.480 e. The van der Waals surface area contributed by atoms with Gasteiger partial charge in [-0.2, -0.15) is 0 Å². The van der Waals surface area contributed by atoms with E-state index in [1.807, 2.05) is 0 Å². The summed E-state index contributed by atoms with van der Waals surface area (Å²) >= 11 is 0. The molecular weight excluding hydrogens is 776 g/mol. The summed E-state index contributed by atoms with van der Waals surface area (Å²) in [6.07, 6.45) is 3.68. The van der Waals surface area contributed by atoms with Crippen LogP contribution in [0, 0.1) is 11.8 Å².